The van der Waals surface area contributed by atoms with Crippen LogP contribution < -0.4 is 4.90 Å². The van der Waals surface area contributed by atoms with Crippen molar-refractivity contribution in [1.82, 2.24) is 4.90 Å². The van der Waals surface area contributed by atoms with Crippen LogP contribution in [-0.2, 0) is 11.0 Å². The Morgan fingerprint density at radius 3 is 2.40 bits per heavy atom. The molecule has 1 unspecified atom stereocenters. The zero-order chi connectivity index (χ0) is 21.3. The molecule has 1 aliphatic heterocycles. The van der Waals surface area contributed by atoms with Gasteiger partial charge in [-0.2, -0.15) is 13.2 Å². The van der Waals surface area contributed by atoms with Gasteiger partial charge in [0.25, 0.3) is 0 Å². The number of nitrogens with zero attached hydrogens (tertiary/aromatic N) is 3. The van der Waals surface area contributed by atoms with Crippen LogP contribution in [0.25, 0.3) is 0 Å². The van der Waals surface area contributed by atoms with E-state index in [1.54, 1.807) is 11.9 Å². The van der Waals surface area contributed by atoms with Gasteiger partial charge in [0.05, 0.1) is 16.9 Å². The van der Waals surface area contributed by atoms with Gasteiger partial charge in [0.15, 0.2) is 5.17 Å². The summed E-state index contributed by atoms with van der Waals surface area (Å²) >= 11 is 7.12. The SMILES string of the molecule is CC(=O)N(c1ccc(Cl)cc1F)C1CSC(=Nc2ccc(C(F)(F)F)cc2)N1C.Cl. The highest BCUT2D eigenvalue weighted by Gasteiger charge is 2.36. The van der Waals surface area contributed by atoms with Crippen LogP contribution in [0.3, 0.4) is 0 Å². The minimum absolute atomic E-state index is 0. The highest BCUT2D eigenvalue weighted by atomic mass is 35.5. The summed E-state index contributed by atoms with van der Waals surface area (Å²) in [5.41, 5.74) is -0.317. The molecular formula is C19H17Cl2F4N3OS. The van der Waals surface area contributed by atoms with Crippen LogP contribution in [0.2, 0.25) is 5.02 Å². The number of hydrogen-bond donors (Lipinski definition) is 0. The van der Waals surface area contributed by atoms with Crippen LogP contribution in [0.5, 0.6) is 0 Å². The molecule has 0 bridgehead atoms. The predicted molar refractivity (Wildman–Crippen MR) is 114 cm³/mol. The molecule has 0 aliphatic carbocycles. The molecule has 2 aromatic rings. The van der Waals surface area contributed by atoms with E-state index in [0.29, 0.717) is 16.6 Å². The van der Waals surface area contributed by atoms with E-state index in [4.69, 9.17) is 11.6 Å². The van der Waals surface area contributed by atoms with Crippen LogP contribution >= 0.6 is 35.8 Å². The topological polar surface area (TPSA) is 35.9 Å². The lowest BCUT2D eigenvalue weighted by molar-refractivity contribution is -0.137. The highest BCUT2D eigenvalue weighted by Crippen LogP contribution is 2.34. The second-order valence-electron chi connectivity index (χ2n) is 6.33. The average Bonchev–Trinajstić information content (AvgIpc) is 2.97. The molecule has 0 N–H and O–H groups in total. The Balaban J connectivity index is 0.00000320. The molecule has 1 aliphatic rings. The average molecular weight is 482 g/mol. The Morgan fingerprint density at radius 2 is 1.87 bits per heavy atom. The van der Waals surface area contributed by atoms with Gasteiger partial charge in [0, 0.05) is 24.7 Å². The van der Waals surface area contributed by atoms with Crippen LogP contribution in [0.15, 0.2) is 47.5 Å². The molecule has 0 radical (unpaired) electrons. The number of amides is 1. The first-order valence-electron chi connectivity index (χ1n) is 8.44. The van der Waals surface area contributed by atoms with E-state index in [9.17, 15) is 22.4 Å². The van der Waals surface area contributed by atoms with Gasteiger partial charge in [-0.05, 0) is 42.5 Å². The maximum atomic E-state index is 14.4. The third kappa shape index (κ3) is 5.19. The van der Waals surface area contributed by atoms with Crippen molar-refractivity contribution in [2.45, 2.75) is 19.3 Å². The first-order valence-corrected chi connectivity index (χ1v) is 9.80. The third-order valence-electron chi connectivity index (χ3n) is 4.34. The molecule has 1 saturated heterocycles. The fourth-order valence-electron chi connectivity index (χ4n) is 2.90. The van der Waals surface area contributed by atoms with Gasteiger partial charge >= 0.3 is 6.18 Å². The number of alkyl halides is 3. The second-order valence-corrected chi connectivity index (χ2v) is 7.75. The number of anilines is 1. The number of amidine groups is 1. The summed E-state index contributed by atoms with van der Waals surface area (Å²) < 4.78 is 52.5. The summed E-state index contributed by atoms with van der Waals surface area (Å²) in [6, 6.07) is 8.53. The molecule has 1 heterocycles. The van der Waals surface area contributed by atoms with Crippen LogP contribution in [0.1, 0.15) is 12.5 Å². The number of benzene rings is 2. The van der Waals surface area contributed by atoms with Crippen LogP contribution in [0, 0.1) is 5.82 Å². The third-order valence-corrected chi connectivity index (χ3v) is 5.67. The van der Waals surface area contributed by atoms with E-state index >= 15 is 0 Å². The Hall–Kier alpha value is -1.97. The largest absolute Gasteiger partial charge is 0.416 e. The molecule has 11 heteroatoms. The number of rotatable bonds is 3. The van der Waals surface area contributed by atoms with Crippen LogP contribution in [-0.4, -0.2) is 34.9 Å². The zero-order valence-corrected chi connectivity index (χ0v) is 18.2. The van der Waals surface area contributed by atoms with Gasteiger partial charge < -0.3 is 4.90 Å². The Labute approximate surface area is 186 Å². The summed E-state index contributed by atoms with van der Waals surface area (Å²) in [6.07, 6.45) is -4.93. The first kappa shape index (κ1) is 24.3. The van der Waals surface area contributed by atoms with Crippen molar-refractivity contribution in [3.8, 4) is 0 Å². The monoisotopic (exact) mass is 481 g/mol. The Morgan fingerprint density at radius 1 is 1.23 bits per heavy atom. The van der Waals surface area contributed by atoms with Crippen molar-refractivity contribution in [3.63, 3.8) is 0 Å². The number of halogens is 6. The molecule has 1 amide bonds. The Kier molecular flexibility index (Phi) is 7.65. The van der Waals surface area contributed by atoms with Gasteiger partial charge in [0.1, 0.15) is 12.0 Å². The standard InChI is InChI=1S/C19H16ClF4N3OS.ClH/c1-11(28)27(16-8-5-13(20)9-15(16)21)17-10-29-18(26(17)2)25-14-6-3-12(4-7-14)19(22,23)24;/h3-9,17H,10H2,1-2H3;1H. The molecule has 0 aromatic heterocycles. The lowest BCUT2D eigenvalue weighted by Crippen LogP contribution is -2.48. The zero-order valence-electron chi connectivity index (χ0n) is 15.8. The quantitative estimate of drug-likeness (QED) is 0.507. The van der Waals surface area contributed by atoms with E-state index in [2.05, 4.69) is 4.99 Å². The van der Waals surface area contributed by atoms with E-state index in [1.165, 1.54) is 47.9 Å². The molecule has 3 rings (SSSR count). The number of thioether (sulfide) groups is 1. The molecule has 4 nitrogen and oxygen atoms in total. The molecule has 162 valence electrons. The van der Waals surface area contributed by atoms with Crippen molar-refractivity contribution in [2.24, 2.45) is 4.99 Å². The number of aliphatic imine (C=N–C) groups is 1. The molecule has 0 saturated carbocycles. The van der Waals surface area contributed by atoms with Crippen molar-refractivity contribution in [3.05, 3.63) is 58.9 Å². The molecule has 30 heavy (non-hydrogen) atoms. The maximum Gasteiger partial charge on any atom is 0.416 e. The van der Waals surface area contributed by atoms with Crippen molar-refractivity contribution in [2.75, 3.05) is 17.7 Å². The molecule has 2 aromatic carbocycles. The van der Waals surface area contributed by atoms with Crippen molar-refractivity contribution in [1.29, 1.82) is 0 Å². The summed E-state index contributed by atoms with van der Waals surface area (Å²) in [5, 5.41) is 0.726. The fraction of sp³-hybridized carbons (Fsp3) is 0.263. The summed E-state index contributed by atoms with van der Waals surface area (Å²) in [5.74, 6) is -0.573. The molecule has 0 spiro atoms. The van der Waals surface area contributed by atoms with Crippen molar-refractivity contribution < 1.29 is 22.4 Å². The number of carbonyl (C=O) groups is 1. The lowest BCUT2D eigenvalue weighted by atomic mass is 10.2. The number of hydrogen-bond acceptors (Lipinski definition) is 3. The minimum Gasteiger partial charge on any atom is -0.333 e. The minimum atomic E-state index is -4.42. The van der Waals surface area contributed by atoms with Gasteiger partial charge in [0.2, 0.25) is 5.91 Å². The molecule has 1 fully saturated rings. The van der Waals surface area contributed by atoms with E-state index < -0.39 is 23.7 Å². The Bertz CT molecular complexity index is 954. The van der Waals surface area contributed by atoms with Crippen molar-refractivity contribution >= 4 is 58.2 Å². The maximum absolute atomic E-state index is 14.4. The van der Waals surface area contributed by atoms with Crippen LogP contribution in [0.4, 0.5) is 28.9 Å². The normalized spacial score (nSPS) is 17.8. The highest BCUT2D eigenvalue weighted by molar-refractivity contribution is 8.14. The van der Waals surface area contributed by atoms with Gasteiger partial charge in [-0.1, -0.05) is 23.4 Å². The van der Waals surface area contributed by atoms with E-state index in [-0.39, 0.29) is 29.0 Å². The summed E-state index contributed by atoms with van der Waals surface area (Å²) in [6.45, 7) is 1.33. The summed E-state index contributed by atoms with van der Waals surface area (Å²) in [4.78, 5) is 19.6. The molecule has 1 atom stereocenters. The summed E-state index contributed by atoms with van der Waals surface area (Å²) in [7, 11) is 1.69. The second kappa shape index (κ2) is 9.45. The van der Waals surface area contributed by atoms with Gasteiger partial charge in [-0.15, -0.1) is 12.4 Å². The van der Waals surface area contributed by atoms with E-state index in [0.717, 1.165) is 18.2 Å². The van der Waals surface area contributed by atoms with E-state index in [1.807, 2.05) is 0 Å². The lowest BCUT2D eigenvalue weighted by Gasteiger charge is -2.33. The first-order chi connectivity index (χ1) is 13.6. The predicted octanol–water partition coefficient (Wildman–Crippen LogP) is 5.97. The van der Waals surface area contributed by atoms with Gasteiger partial charge in [-0.25, -0.2) is 9.38 Å². The van der Waals surface area contributed by atoms with Gasteiger partial charge in [-0.3, -0.25) is 9.69 Å². The fourth-order valence-corrected chi connectivity index (χ4v) is 4.23. The molecular weight excluding hydrogens is 465 g/mol. The smallest absolute Gasteiger partial charge is 0.333 e. The number of carbonyl (C=O) groups excluding carboxylic acids is 1.